The summed E-state index contributed by atoms with van der Waals surface area (Å²) in [4.78, 5) is 0.172. The zero-order valence-corrected chi connectivity index (χ0v) is 10.7. The van der Waals surface area contributed by atoms with Crippen LogP contribution in [0.15, 0.2) is 17.3 Å². The maximum atomic E-state index is 11.9. The van der Waals surface area contributed by atoms with Crippen LogP contribution in [0.2, 0.25) is 0 Å². The number of nitrogens with one attached hydrogen (secondary N) is 2. The summed E-state index contributed by atoms with van der Waals surface area (Å²) in [6.07, 6.45) is 2.98. The first-order chi connectivity index (χ1) is 7.32. The van der Waals surface area contributed by atoms with Crippen molar-refractivity contribution in [3.63, 3.8) is 0 Å². The van der Waals surface area contributed by atoms with Gasteiger partial charge in [0.25, 0.3) is 0 Å². The number of nitrogens with zero attached hydrogens (tertiary/aromatic N) is 1. The van der Waals surface area contributed by atoms with E-state index in [9.17, 15) is 8.42 Å². The predicted octanol–water partition coefficient (Wildman–Crippen LogP) is 0.143. The molecule has 1 unspecified atom stereocenters. The number of sulfonamides is 1. The second-order valence-electron chi connectivity index (χ2n) is 3.59. The van der Waals surface area contributed by atoms with Crippen LogP contribution in [0.4, 0.5) is 0 Å². The molecule has 0 aliphatic carbocycles. The topological polar surface area (TPSA) is 101 Å². The molecule has 0 aliphatic heterocycles. The monoisotopic (exact) mass is 262 g/mol. The summed E-state index contributed by atoms with van der Waals surface area (Å²) in [5, 5.41) is 6.02. The molecule has 1 aromatic heterocycles. The lowest BCUT2D eigenvalue weighted by molar-refractivity contribution is 0.511. The normalized spacial score (nSPS) is 15.6. The van der Waals surface area contributed by atoms with Crippen molar-refractivity contribution in [3.8, 4) is 0 Å². The van der Waals surface area contributed by atoms with E-state index in [0.717, 1.165) is 0 Å². The zero-order valence-electron chi connectivity index (χ0n) is 9.02. The largest absolute Gasteiger partial charge is 0.392 e. The highest BCUT2D eigenvalue weighted by Gasteiger charge is 2.32. The summed E-state index contributed by atoms with van der Waals surface area (Å²) in [7, 11) is -3.64. The molecule has 0 saturated carbocycles. The van der Waals surface area contributed by atoms with Crippen molar-refractivity contribution in [2.75, 3.05) is 0 Å². The third-order valence-electron chi connectivity index (χ3n) is 2.39. The van der Waals surface area contributed by atoms with Gasteiger partial charge in [-0.25, -0.2) is 8.42 Å². The third kappa shape index (κ3) is 2.57. The molecule has 1 atom stereocenters. The molecule has 0 radical (unpaired) electrons. The maximum absolute atomic E-state index is 11.9. The Labute approximate surface area is 99.7 Å². The Bertz CT molecular complexity index is 468. The van der Waals surface area contributed by atoms with E-state index in [2.05, 4.69) is 14.9 Å². The van der Waals surface area contributed by atoms with Gasteiger partial charge >= 0.3 is 0 Å². The van der Waals surface area contributed by atoms with Crippen molar-refractivity contribution in [2.24, 2.45) is 5.73 Å². The number of aromatic nitrogens is 2. The van der Waals surface area contributed by atoms with Crippen LogP contribution in [0.5, 0.6) is 0 Å². The molecule has 0 bridgehead atoms. The van der Waals surface area contributed by atoms with Gasteiger partial charge in [0.15, 0.2) is 0 Å². The molecule has 0 saturated heterocycles. The smallest absolute Gasteiger partial charge is 0.244 e. The number of hydrogen-bond donors (Lipinski definition) is 3. The van der Waals surface area contributed by atoms with Gasteiger partial charge in [-0.3, -0.25) is 5.10 Å². The quantitative estimate of drug-likeness (QED) is 0.655. The molecular weight excluding hydrogens is 248 g/mol. The van der Waals surface area contributed by atoms with Crippen molar-refractivity contribution < 1.29 is 8.42 Å². The number of H-pyrrole nitrogens is 1. The van der Waals surface area contributed by atoms with E-state index >= 15 is 0 Å². The van der Waals surface area contributed by atoms with Crippen molar-refractivity contribution >= 4 is 27.2 Å². The Balaban J connectivity index is 3.01. The summed E-state index contributed by atoms with van der Waals surface area (Å²) < 4.78 is 26.2. The molecule has 0 aliphatic rings. The van der Waals surface area contributed by atoms with Gasteiger partial charge in [0, 0.05) is 6.20 Å². The lowest BCUT2D eigenvalue weighted by Gasteiger charge is -2.27. The summed E-state index contributed by atoms with van der Waals surface area (Å²) in [6.45, 7) is 3.45. The van der Waals surface area contributed by atoms with Crippen LogP contribution in [0.25, 0.3) is 0 Å². The first-order valence-corrected chi connectivity index (χ1v) is 6.53. The van der Waals surface area contributed by atoms with E-state index in [-0.39, 0.29) is 9.88 Å². The molecule has 90 valence electrons. The lowest BCUT2D eigenvalue weighted by atomic mass is 10.0. The Kier molecular flexibility index (Phi) is 3.66. The van der Waals surface area contributed by atoms with Gasteiger partial charge in [-0.05, 0) is 13.3 Å². The second kappa shape index (κ2) is 4.48. The lowest BCUT2D eigenvalue weighted by Crippen LogP contribution is -2.53. The van der Waals surface area contributed by atoms with Gasteiger partial charge in [-0.1, -0.05) is 19.1 Å². The highest BCUT2D eigenvalue weighted by molar-refractivity contribution is 7.89. The SMILES string of the molecule is CCC(C)(NS(=O)(=O)c1cn[nH]c1)C(N)=S. The van der Waals surface area contributed by atoms with Crippen LogP contribution in [0.1, 0.15) is 20.3 Å². The molecule has 0 fully saturated rings. The first kappa shape index (κ1) is 13.1. The van der Waals surface area contributed by atoms with E-state index in [1.807, 2.05) is 0 Å². The van der Waals surface area contributed by atoms with Crippen LogP contribution < -0.4 is 10.5 Å². The molecule has 1 heterocycles. The molecule has 0 aromatic carbocycles. The molecule has 16 heavy (non-hydrogen) atoms. The van der Waals surface area contributed by atoms with Gasteiger partial charge in [0.1, 0.15) is 4.90 Å². The van der Waals surface area contributed by atoms with E-state index in [1.54, 1.807) is 13.8 Å². The van der Waals surface area contributed by atoms with Crippen LogP contribution >= 0.6 is 12.2 Å². The number of rotatable bonds is 5. The summed E-state index contributed by atoms with van der Waals surface area (Å²) in [6, 6.07) is 0. The van der Waals surface area contributed by atoms with E-state index < -0.39 is 15.6 Å². The van der Waals surface area contributed by atoms with Gasteiger partial charge in [-0.15, -0.1) is 0 Å². The number of hydrogen-bond acceptors (Lipinski definition) is 4. The van der Waals surface area contributed by atoms with Crippen LogP contribution in [0, 0.1) is 0 Å². The number of nitrogens with two attached hydrogens (primary N) is 1. The van der Waals surface area contributed by atoms with Gasteiger partial charge in [-0.2, -0.15) is 9.82 Å². The fourth-order valence-corrected chi connectivity index (χ4v) is 2.66. The van der Waals surface area contributed by atoms with Gasteiger partial charge < -0.3 is 5.73 Å². The van der Waals surface area contributed by atoms with E-state index in [4.69, 9.17) is 18.0 Å². The van der Waals surface area contributed by atoms with Crippen LogP contribution in [0.3, 0.4) is 0 Å². The summed E-state index contributed by atoms with van der Waals surface area (Å²) >= 11 is 4.85. The Morgan fingerprint density at radius 3 is 2.75 bits per heavy atom. The van der Waals surface area contributed by atoms with Crippen molar-refractivity contribution in [1.29, 1.82) is 0 Å². The van der Waals surface area contributed by atoms with E-state index in [1.165, 1.54) is 12.4 Å². The van der Waals surface area contributed by atoms with Crippen LogP contribution in [-0.2, 0) is 10.0 Å². The zero-order chi connectivity index (χ0) is 12.4. The third-order valence-corrected chi connectivity index (χ3v) is 4.41. The molecule has 0 amide bonds. The highest BCUT2D eigenvalue weighted by atomic mass is 32.2. The van der Waals surface area contributed by atoms with Crippen LogP contribution in [-0.4, -0.2) is 29.1 Å². The first-order valence-electron chi connectivity index (χ1n) is 4.64. The minimum atomic E-state index is -3.64. The molecule has 0 spiro atoms. The molecule has 6 nitrogen and oxygen atoms in total. The molecule has 1 rings (SSSR count). The molecular formula is C8H14N4O2S2. The standard InChI is InChI=1S/C8H14N4O2S2/c1-3-8(2,7(9)15)12-16(13,14)6-4-10-11-5-6/h4-5,12H,3H2,1-2H3,(H2,9,15)(H,10,11). The minimum absolute atomic E-state index is 0.0587. The Hall–Kier alpha value is -0.990. The fraction of sp³-hybridized carbons (Fsp3) is 0.500. The summed E-state index contributed by atoms with van der Waals surface area (Å²) in [5.41, 5.74) is 4.60. The average Bonchev–Trinajstić information content (AvgIpc) is 2.70. The number of aromatic amines is 1. The van der Waals surface area contributed by atoms with Crippen molar-refractivity contribution in [2.45, 2.75) is 30.7 Å². The molecule has 1 aromatic rings. The summed E-state index contributed by atoms with van der Waals surface area (Å²) in [5.74, 6) is 0. The Morgan fingerprint density at radius 2 is 2.38 bits per heavy atom. The van der Waals surface area contributed by atoms with Crippen molar-refractivity contribution in [3.05, 3.63) is 12.4 Å². The second-order valence-corrected chi connectivity index (χ2v) is 5.71. The van der Waals surface area contributed by atoms with Crippen molar-refractivity contribution in [1.82, 2.24) is 14.9 Å². The molecule has 4 N–H and O–H groups in total. The van der Waals surface area contributed by atoms with Gasteiger partial charge in [0.2, 0.25) is 10.0 Å². The highest BCUT2D eigenvalue weighted by Crippen LogP contribution is 2.15. The maximum Gasteiger partial charge on any atom is 0.244 e. The molecule has 8 heteroatoms. The number of thiocarbonyl (C=S) groups is 1. The minimum Gasteiger partial charge on any atom is -0.392 e. The predicted molar refractivity (Wildman–Crippen MR) is 64.4 cm³/mol. The van der Waals surface area contributed by atoms with E-state index in [0.29, 0.717) is 6.42 Å². The average molecular weight is 262 g/mol. The Morgan fingerprint density at radius 1 is 1.75 bits per heavy atom. The van der Waals surface area contributed by atoms with Gasteiger partial charge in [0.05, 0.1) is 16.7 Å². The fourth-order valence-electron chi connectivity index (χ4n) is 1.04.